The van der Waals surface area contributed by atoms with E-state index in [0.717, 1.165) is 0 Å². The van der Waals surface area contributed by atoms with E-state index < -0.39 is 0 Å². The molecule has 1 rings (SSSR count). The zero-order chi connectivity index (χ0) is 10.4. The van der Waals surface area contributed by atoms with Crippen molar-refractivity contribution < 1.29 is 4.74 Å². The molecule has 1 aromatic rings. The number of ether oxygens (including phenoxy) is 1. The van der Waals surface area contributed by atoms with Gasteiger partial charge in [0.15, 0.2) is 0 Å². The highest BCUT2D eigenvalue weighted by molar-refractivity contribution is 14.1. The molecule has 2 heteroatoms. The minimum absolute atomic E-state index is 0.697. The molecule has 0 aliphatic rings. The molecule has 0 N–H and O–H groups in total. The lowest BCUT2D eigenvalue weighted by Crippen LogP contribution is -1.95. The number of allylic oxidation sites excluding steroid dienone is 1. The van der Waals surface area contributed by atoms with Gasteiger partial charge in [0.25, 0.3) is 0 Å². The zero-order valence-corrected chi connectivity index (χ0v) is 10.7. The lowest BCUT2D eigenvalue weighted by Gasteiger charge is -2.04. The van der Waals surface area contributed by atoms with Crippen LogP contribution in [0.2, 0.25) is 0 Å². The van der Waals surface area contributed by atoms with Gasteiger partial charge >= 0.3 is 0 Å². The molecular weight excluding hydrogens is 287 g/mol. The first-order chi connectivity index (χ1) is 6.70. The monoisotopic (exact) mass is 302 g/mol. The van der Waals surface area contributed by atoms with Gasteiger partial charge in [-0.2, -0.15) is 0 Å². The molecule has 0 atom stereocenters. The molecule has 0 bridgehead atoms. The SMILES string of the molecule is CC(C)=CCOCc1ccccc1I. The lowest BCUT2D eigenvalue weighted by atomic mass is 10.2. The summed E-state index contributed by atoms with van der Waals surface area (Å²) in [6.45, 7) is 5.56. The van der Waals surface area contributed by atoms with E-state index in [-0.39, 0.29) is 0 Å². The van der Waals surface area contributed by atoms with Crippen molar-refractivity contribution in [3.8, 4) is 0 Å². The second-order valence-corrected chi connectivity index (χ2v) is 4.55. The van der Waals surface area contributed by atoms with Crippen molar-refractivity contribution in [3.05, 3.63) is 45.0 Å². The van der Waals surface area contributed by atoms with Crippen LogP contribution in [0.15, 0.2) is 35.9 Å². The Hall–Kier alpha value is -0.350. The molecule has 0 saturated carbocycles. The van der Waals surface area contributed by atoms with Gasteiger partial charge in [0.05, 0.1) is 13.2 Å². The van der Waals surface area contributed by atoms with Gasteiger partial charge in [-0.05, 0) is 48.1 Å². The number of benzene rings is 1. The maximum Gasteiger partial charge on any atom is 0.0731 e. The molecule has 0 aliphatic carbocycles. The second-order valence-electron chi connectivity index (χ2n) is 3.39. The van der Waals surface area contributed by atoms with E-state index in [9.17, 15) is 0 Å². The van der Waals surface area contributed by atoms with Gasteiger partial charge in [0, 0.05) is 3.57 Å². The fourth-order valence-corrected chi connectivity index (χ4v) is 1.55. The minimum atomic E-state index is 0.697. The summed E-state index contributed by atoms with van der Waals surface area (Å²) >= 11 is 2.33. The third-order valence-corrected chi connectivity index (χ3v) is 2.88. The van der Waals surface area contributed by atoms with Gasteiger partial charge < -0.3 is 4.74 Å². The molecule has 0 spiro atoms. The van der Waals surface area contributed by atoms with Gasteiger partial charge in [-0.3, -0.25) is 0 Å². The molecule has 0 saturated heterocycles. The van der Waals surface area contributed by atoms with Crippen LogP contribution in [-0.2, 0) is 11.3 Å². The largest absolute Gasteiger partial charge is 0.373 e. The Labute approximate surface area is 99.3 Å². The van der Waals surface area contributed by atoms with Gasteiger partial charge in [0.2, 0.25) is 0 Å². The summed E-state index contributed by atoms with van der Waals surface area (Å²) in [6.07, 6.45) is 2.09. The van der Waals surface area contributed by atoms with Crippen molar-refractivity contribution >= 4 is 22.6 Å². The fourth-order valence-electron chi connectivity index (χ4n) is 1.01. The number of halogens is 1. The maximum absolute atomic E-state index is 5.53. The molecule has 14 heavy (non-hydrogen) atoms. The van der Waals surface area contributed by atoms with E-state index >= 15 is 0 Å². The van der Waals surface area contributed by atoms with Crippen molar-refractivity contribution in [3.63, 3.8) is 0 Å². The predicted octanol–water partition coefficient (Wildman–Crippen LogP) is 3.77. The number of rotatable bonds is 4. The van der Waals surface area contributed by atoms with Crippen molar-refractivity contribution in [1.29, 1.82) is 0 Å². The van der Waals surface area contributed by atoms with E-state index in [1.807, 2.05) is 12.1 Å². The van der Waals surface area contributed by atoms with Crippen molar-refractivity contribution in [2.45, 2.75) is 20.5 Å². The zero-order valence-electron chi connectivity index (χ0n) is 8.59. The van der Waals surface area contributed by atoms with Gasteiger partial charge in [-0.15, -0.1) is 0 Å². The van der Waals surface area contributed by atoms with Crippen LogP contribution < -0.4 is 0 Å². The van der Waals surface area contributed by atoms with Crippen LogP contribution in [0.25, 0.3) is 0 Å². The quantitative estimate of drug-likeness (QED) is 0.467. The average molecular weight is 302 g/mol. The smallest absolute Gasteiger partial charge is 0.0731 e. The summed E-state index contributed by atoms with van der Waals surface area (Å²) in [5.74, 6) is 0. The third kappa shape index (κ3) is 4.24. The molecule has 0 heterocycles. The first kappa shape index (κ1) is 11.7. The first-order valence-electron chi connectivity index (χ1n) is 4.64. The molecule has 0 amide bonds. The van der Waals surface area contributed by atoms with E-state index in [2.05, 4.69) is 54.6 Å². The Bertz CT molecular complexity index is 314. The summed E-state index contributed by atoms with van der Waals surface area (Å²) in [7, 11) is 0. The standard InChI is InChI=1S/C12H15IO/c1-10(2)7-8-14-9-11-5-3-4-6-12(11)13/h3-7H,8-9H2,1-2H3. The highest BCUT2D eigenvalue weighted by atomic mass is 127. The number of hydrogen-bond donors (Lipinski definition) is 0. The second kappa shape index (κ2) is 6.19. The molecule has 0 aromatic heterocycles. The Kier molecular flexibility index (Phi) is 5.19. The van der Waals surface area contributed by atoms with Crippen LogP contribution in [-0.4, -0.2) is 6.61 Å². The topological polar surface area (TPSA) is 9.23 Å². The van der Waals surface area contributed by atoms with Gasteiger partial charge in [-0.1, -0.05) is 29.8 Å². The molecule has 0 radical (unpaired) electrons. The molecule has 76 valence electrons. The fraction of sp³-hybridized carbons (Fsp3) is 0.333. The van der Waals surface area contributed by atoms with E-state index in [0.29, 0.717) is 13.2 Å². The van der Waals surface area contributed by atoms with Crippen molar-refractivity contribution in [1.82, 2.24) is 0 Å². The van der Waals surface area contributed by atoms with E-state index in [4.69, 9.17) is 4.74 Å². The molecule has 0 unspecified atom stereocenters. The van der Waals surface area contributed by atoms with Gasteiger partial charge in [0.1, 0.15) is 0 Å². The van der Waals surface area contributed by atoms with Crippen molar-refractivity contribution in [2.24, 2.45) is 0 Å². The summed E-state index contributed by atoms with van der Waals surface area (Å²) < 4.78 is 6.80. The number of hydrogen-bond acceptors (Lipinski definition) is 1. The molecule has 1 nitrogen and oxygen atoms in total. The molecular formula is C12H15IO. The lowest BCUT2D eigenvalue weighted by molar-refractivity contribution is 0.148. The van der Waals surface area contributed by atoms with Crippen LogP contribution >= 0.6 is 22.6 Å². The Morgan fingerprint density at radius 3 is 2.71 bits per heavy atom. The van der Waals surface area contributed by atoms with E-state index in [1.165, 1.54) is 14.7 Å². The minimum Gasteiger partial charge on any atom is -0.373 e. The highest BCUT2D eigenvalue weighted by Gasteiger charge is 1.96. The van der Waals surface area contributed by atoms with Gasteiger partial charge in [-0.25, -0.2) is 0 Å². The van der Waals surface area contributed by atoms with Crippen LogP contribution in [0.5, 0.6) is 0 Å². The summed E-state index contributed by atoms with van der Waals surface area (Å²) in [5, 5.41) is 0. The van der Waals surface area contributed by atoms with E-state index in [1.54, 1.807) is 0 Å². The first-order valence-corrected chi connectivity index (χ1v) is 5.72. The highest BCUT2D eigenvalue weighted by Crippen LogP contribution is 2.12. The van der Waals surface area contributed by atoms with Crippen LogP contribution in [0.1, 0.15) is 19.4 Å². The summed E-state index contributed by atoms with van der Waals surface area (Å²) in [5.41, 5.74) is 2.56. The molecule has 0 aliphatic heterocycles. The van der Waals surface area contributed by atoms with Crippen LogP contribution in [0, 0.1) is 3.57 Å². The summed E-state index contributed by atoms with van der Waals surface area (Å²) in [4.78, 5) is 0. The molecule has 1 aromatic carbocycles. The van der Waals surface area contributed by atoms with Crippen LogP contribution in [0.3, 0.4) is 0 Å². The Balaban J connectivity index is 2.39. The Morgan fingerprint density at radius 1 is 1.36 bits per heavy atom. The third-order valence-electron chi connectivity index (χ3n) is 1.82. The average Bonchev–Trinajstić information content (AvgIpc) is 2.15. The Morgan fingerprint density at radius 2 is 2.07 bits per heavy atom. The predicted molar refractivity (Wildman–Crippen MR) is 68.2 cm³/mol. The van der Waals surface area contributed by atoms with Crippen molar-refractivity contribution in [2.75, 3.05) is 6.61 Å². The normalized spacial score (nSPS) is 9.93. The maximum atomic E-state index is 5.53. The summed E-state index contributed by atoms with van der Waals surface area (Å²) in [6, 6.07) is 8.29. The molecule has 0 fully saturated rings. The van der Waals surface area contributed by atoms with Crippen LogP contribution in [0.4, 0.5) is 0 Å².